The van der Waals surface area contributed by atoms with Crippen LogP contribution >= 0.6 is 24.0 Å². The molecule has 0 saturated carbocycles. The van der Waals surface area contributed by atoms with E-state index in [9.17, 15) is 9.59 Å². The maximum absolute atomic E-state index is 12.0. The van der Waals surface area contributed by atoms with Crippen LogP contribution in [0.3, 0.4) is 0 Å². The fraction of sp³-hybridized carbons (Fsp3) is 0.429. The molecule has 0 aliphatic heterocycles. The normalized spacial score (nSPS) is 12.9. The van der Waals surface area contributed by atoms with Crippen molar-refractivity contribution < 1.29 is 9.59 Å². The molecule has 118 valence electrons. The van der Waals surface area contributed by atoms with Gasteiger partial charge in [0.15, 0.2) is 0 Å². The summed E-state index contributed by atoms with van der Waals surface area (Å²) in [5.41, 5.74) is 6.56. The molecule has 1 aromatic rings. The fourth-order valence-electron chi connectivity index (χ4n) is 1.50. The molecule has 0 aliphatic rings. The van der Waals surface area contributed by atoms with Gasteiger partial charge in [0, 0.05) is 25.8 Å². The van der Waals surface area contributed by atoms with Crippen molar-refractivity contribution in [1.29, 1.82) is 0 Å². The Bertz CT molecular complexity index is 519. The molecule has 0 spiro atoms. The van der Waals surface area contributed by atoms with E-state index < -0.39 is 0 Å². The lowest BCUT2D eigenvalue weighted by Crippen LogP contribution is -2.34. The van der Waals surface area contributed by atoms with Gasteiger partial charge in [-0.05, 0) is 25.1 Å². The Labute approximate surface area is 136 Å². The van der Waals surface area contributed by atoms with Gasteiger partial charge in [-0.2, -0.15) is 0 Å². The summed E-state index contributed by atoms with van der Waals surface area (Å²) in [6.45, 7) is 3.52. The van der Waals surface area contributed by atoms with Crippen LogP contribution in [0.2, 0.25) is 5.02 Å². The summed E-state index contributed by atoms with van der Waals surface area (Å²) < 4.78 is 0. The van der Waals surface area contributed by atoms with Gasteiger partial charge >= 0.3 is 0 Å². The SMILES string of the molecule is CC(N)C(C)C(=O)Nc1ccc(Cl)c(C(=O)N(C)C)c1.Cl. The van der Waals surface area contributed by atoms with E-state index in [2.05, 4.69) is 5.32 Å². The van der Waals surface area contributed by atoms with Crippen molar-refractivity contribution in [1.82, 2.24) is 4.90 Å². The Hall–Kier alpha value is -1.30. The highest BCUT2D eigenvalue weighted by Crippen LogP contribution is 2.22. The largest absolute Gasteiger partial charge is 0.345 e. The molecule has 0 fully saturated rings. The predicted octanol–water partition coefficient (Wildman–Crippen LogP) is 2.39. The number of carbonyl (C=O) groups is 2. The zero-order valence-corrected chi connectivity index (χ0v) is 14.1. The van der Waals surface area contributed by atoms with E-state index in [4.69, 9.17) is 17.3 Å². The second-order valence-corrected chi connectivity index (χ2v) is 5.44. The van der Waals surface area contributed by atoms with Crippen molar-refractivity contribution >= 4 is 41.5 Å². The molecule has 2 atom stereocenters. The summed E-state index contributed by atoms with van der Waals surface area (Å²) in [6.07, 6.45) is 0. The number of hydrogen-bond acceptors (Lipinski definition) is 3. The van der Waals surface area contributed by atoms with Gasteiger partial charge in [0.2, 0.25) is 5.91 Å². The first-order valence-corrected chi connectivity index (χ1v) is 6.69. The highest BCUT2D eigenvalue weighted by Gasteiger charge is 2.18. The van der Waals surface area contributed by atoms with Crippen molar-refractivity contribution in [2.45, 2.75) is 19.9 Å². The van der Waals surface area contributed by atoms with Crippen LogP contribution in [0.1, 0.15) is 24.2 Å². The van der Waals surface area contributed by atoms with E-state index in [0.29, 0.717) is 16.3 Å². The molecule has 21 heavy (non-hydrogen) atoms. The second kappa shape index (κ2) is 8.22. The molecule has 1 aromatic carbocycles. The molecule has 0 heterocycles. The van der Waals surface area contributed by atoms with Gasteiger partial charge in [-0.1, -0.05) is 18.5 Å². The first-order valence-electron chi connectivity index (χ1n) is 6.31. The Balaban J connectivity index is 0.00000400. The third-order valence-electron chi connectivity index (χ3n) is 3.07. The third kappa shape index (κ3) is 5.19. The number of nitrogens with one attached hydrogen (secondary N) is 1. The van der Waals surface area contributed by atoms with Crippen LogP contribution in [0.4, 0.5) is 5.69 Å². The number of hydrogen-bond donors (Lipinski definition) is 2. The average Bonchev–Trinajstić information content (AvgIpc) is 2.38. The number of nitrogens with two attached hydrogens (primary N) is 1. The lowest BCUT2D eigenvalue weighted by atomic mass is 10.0. The Morgan fingerprint density at radius 1 is 1.29 bits per heavy atom. The number of halogens is 2. The van der Waals surface area contributed by atoms with Crippen molar-refractivity contribution in [3.8, 4) is 0 Å². The van der Waals surface area contributed by atoms with Crippen LogP contribution in [-0.2, 0) is 4.79 Å². The molecule has 0 aliphatic carbocycles. The maximum Gasteiger partial charge on any atom is 0.254 e. The van der Waals surface area contributed by atoms with E-state index in [0.717, 1.165) is 0 Å². The van der Waals surface area contributed by atoms with Crippen molar-refractivity contribution in [3.05, 3.63) is 28.8 Å². The molecule has 0 saturated heterocycles. The highest BCUT2D eigenvalue weighted by atomic mass is 35.5. The summed E-state index contributed by atoms with van der Waals surface area (Å²) in [7, 11) is 3.28. The predicted molar refractivity (Wildman–Crippen MR) is 88.2 cm³/mol. The van der Waals surface area contributed by atoms with E-state index in [1.807, 2.05) is 0 Å². The molecule has 0 aromatic heterocycles. The van der Waals surface area contributed by atoms with Gasteiger partial charge in [-0.15, -0.1) is 12.4 Å². The van der Waals surface area contributed by atoms with Crippen LogP contribution in [0.15, 0.2) is 18.2 Å². The molecule has 1 rings (SSSR count). The van der Waals surface area contributed by atoms with Crippen LogP contribution < -0.4 is 11.1 Å². The number of benzene rings is 1. The van der Waals surface area contributed by atoms with Crippen molar-refractivity contribution in [2.24, 2.45) is 11.7 Å². The molecule has 3 N–H and O–H groups in total. The maximum atomic E-state index is 12.0. The monoisotopic (exact) mass is 333 g/mol. The number of amides is 2. The van der Waals surface area contributed by atoms with E-state index >= 15 is 0 Å². The summed E-state index contributed by atoms with van der Waals surface area (Å²) in [5, 5.41) is 3.09. The topological polar surface area (TPSA) is 75.4 Å². The third-order valence-corrected chi connectivity index (χ3v) is 3.40. The Morgan fingerprint density at radius 3 is 2.33 bits per heavy atom. The molecular weight excluding hydrogens is 313 g/mol. The van der Waals surface area contributed by atoms with Gasteiger partial charge in [0.05, 0.1) is 16.5 Å². The minimum atomic E-state index is -0.321. The van der Waals surface area contributed by atoms with Crippen molar-refractivity contribution in [3.63, 3.8) is 0 Å². The second-order valence-electron chi connectivity index (χ2n) is 5.03. The lowest BCUT2D eigenvalue weighted by Gasteiger charge is -2.17. The zero-order valence-electron chi connectivity index (χ0n) is 12.5. The molecule has 2 amide bonds. The minimum Gasteiger partial charge on any atom is -0.345 e. The standard InChI is InChI=1S/C14H20ClN3O2.ClH/c1-8(9(2)16)13(19)17-10-5-6-12(15)11(7-10)14(20)18(3)4;/h5-9H,16H2,1-4H3,(H,17,19);1H. The molecule has 2 unspecified atom stereocenters. The first-order chi connectivity index (χ1) is 9.23. The van der Waals surface area contributed by atoms with Gasteiger partial charge in [-0.25, -0.2) is 0 Å². The molecule has 7 heteroatoms. The molecule has 5 nitrogen and oxygen atoms in total. The van der Waals surface area contributed by atoms with Crippen LogP contribution in [0.25, 0.3) is 0 Å². The molecular formula is C14H21Cl2N3O2. The first kappa shape index (κ1) is 19.7. The molecule has 0 radical (unpaired) electrons. The Morgan fingerprint density at radius 2 is 1.86 bits per heavy atom. The van der Waals surface area contributed by atoms with Crippen LogP contribution in [0, 0.1) is 5.92 Å². The van der Waals surface area contributed by atoms with Crippen LogP contribution in [0.5, 0.6) is 0 Å². The van der Waals surface area contributed by atoms with Gasteiger partial charge in [0.25, 0.3) is 5.91 Å². The van der Waals surface area contributed by atoms with Gasteiger partial charge < -0.3 is 16.0 Å². The average molecular weight is 334 g/mol. The number of anilines is 1. The van der Waals surface area contributed by atoms with Gasteiger partial charge in [0.1, 0.15) is 0 Å². The quantitative estimate of drug-likeness (QED) is 0.888. The summed E-state index contributed by atoms with van der Waals surface area (Å²) >= 11 is 6.00. The summed E-state index contributed by atoms with van der Waals surface area (Å²) in [6, 6.07) is 4.56. The highest BCUT2D eigenvalue weighted by molar-refractivity contribution is 6.34. The summed E-state index contributed by atoms with van der Waals surface area (Å²) in [5.74, 6) is -0.726. The van der Waals surface area contributed by atoms with Gasteiger partial charge in [-0.3, -0.25) is 9.59 Å². The lowest BCUT2D eigenvalue weighted by molar-refractivity contribution is -0.119. The number of rotatable bonds is 4. The molecule has 0 bridgehead atoms. The zero-order chi connectivity index (χ0) is 15.4. The fourth-order valence-corrected chi connectivity index (χ4v) is 1.70. The van der Waals surface area contributed by atoms with Crippen LogP contribution in [-0.4, -0.2) is 36.9 Å². The number of nitrogens with zero attached hydrogens (tertiary/aromatic N) is 1. The van der Waals surface area contributed by atoms with E-state index in [-0.39, 0.29) is 36.2 Å². The van der Waals surface area contributed by atoms with Crippen molar-refractivity contribution in [2.75, 3.05) is 19.4 Å². The van der Waals surface area contributed by atoms with E-state index in [1.54, 1.807) is 46.1 Å². The minimum absolute atomic E-state index is 0. The summed E-state index contributed by atoms with van der Waals surface area (Å²) in [4.78, 5) is 25.3. The number of carbonyl (C=O) groups excluding carboxylic acids is 2. The van der Waals surface area contributed by atoms with E-state index in [1.165, 1.54) is 4.90 Å². The smallest absolute Gasteiger partial charge is 0.254 e. The Kier molecular flexibility index (Phi) is 7.71.